The van der Waals surface area contributed by atoms with Gasteiger partial charge in [0.15, 0.2) is 9.84 Å². The molecule has 0 saturated heterocycles. The fraction of sp³-hybridized carbons (Fsp3) is 0.538. The lowest BCUT2D eigenvalue weighted by atomic mass is 10.2. The molecule has 0 bridgehead atoms. The van der Waals surface area contributed by atoms with Crippen LogP contribution in [-0.4, -0.2) is 12.6 Å². The molecule has 0 aliphatic carbocycles. The summed E-state index contributed by atoms with van der Waals surface area (Å²) in [5, 5.41) is 0. The summed E-state index contributed by atoms with van der Waals surface area (Å²) in [7, 11) is -3.23. The van der Waals surface area contributed by atoms with Gasteiger partial charge in [-0.3, -0.25) is 0 Å². The predicted octanol–water partition coefficient (Wildman–Crippen LogP) is 4.07. The van der Waals surface area contributed by atoms with Gasteiger partial charge in [-0.25, -0.2) is 8.42 Å². The number of benzene rings is 1. The van der Waals surface area contributed by atoms with E-state index in [1.54, 1.807) is 12.1 Å². The van der Waals surface area contributed by atoms with E-state index in [1.807, 2.05) is 19.1 Å². The SMILES string of the molecule is CCCCCC(Br)S(=O)(=O)c1ccccc1C. The van der Waals surface area contributed by atoms with Crippen LogP contribution < -0.4 is 0 Å². The molecule has 0 aromatic heterocycles. The van der Waals surface area contributed by atoms with E-state index in [4.69, 9.17) is 0 Å². The maximum absolute atomic E-state index is 12.3. The van der Waals surface area contributed by atoms with Crippen LogP contribution in [0, 0.1) is 6.92 Å². The fourth-order valence-electron chi connectivity index (χ4n) is 1.72. The van der Waals surface area contributed by atoms with Crippen molar-refractivity contribution in [1.29, 1.82) is 0 Å². The number of hydrogen-bond acceptors (Lipinski definition) is 2. The van der Waals surface area contributed by atoms with E-state index in [-0.39, 0.29) is 0 Å². The van der Waals surface area contributed by atoms with Gasteiger partial charge in [0.1, 0.15) is 4.16 Å². The minimum atomic E-state index is -3.23. The highest BCUT2D eigenvalue weighted by Gasteiger charge is 2.25. The van der Waals surface area contributed by atoms with Crippen LogP contribution in [0.1, 0.15) is 38.2 Å². The lowest BCUT2D eigenvalue weighted by Crippen LogP contribution is -2.16. The van der Waals surface area contributed by atoms with Crippen LogP contribution in [0.5, 0.6) is 0 Å². The third kappa shape index (κ3) is 3.81. The molecule has 1 aromatic carbocycles. The molecule has 0 spiro atoms. The van der Waals surface area contributed by atoms with E-state index in [0.717, 1.165) is 24.8 Å². The van der Waals surface area contributed by atoms with Crippen molar-refractivity contribution in [2.24, 2.45) is 0 Å². The Morgan fingerprint density at radius 1 is 1.24 bits per heavy atom. The smallest absolute Gasteiger partial charge is 0.191 e. The van der Waals surface area contributed by atoms with Crippen LogP contribution in [0.15, 0.2) is 29.2 Å². The van der Waals surface area contributed by atoms with E-state index in [1.165, 1.54) is 0 Å². The first kappa shape index (κ1) is 14.7. The molecular weight excluding hydrogens is 300 g/mol. The summed E-state index contributed by atoms with van der Waals surface area (Å²) < 4.78 is 24.1. The minimum absolute atomic E-state index is 0.443. The Kier molecular flexibility index (Phi) is 5.67. The maximum atomic E-state index is 12.3. The number of hydrogen-bond donors (Lipinski definition) is 0. The highest BCUT2D eigenvalue weighted by atomic mass is 79.9. The van der Waals surface area contributed by atoms with Gasteiger partial charge in [0, 0.05) is 0 Å². The second kappa shape index (κ2) is 6.55. The molecule has 0 radical (unpaired) electrons. The summed E-state index contributed by atoms with van der Waals surface area (Å²) in [6, 6.07) is 7.14. The zero-order valence-corrected chi connectivity index (χ0v) is 12.7. The van der Waals surface area contributed by atoms with Crippen LogP contribution >= 0.6 is 15.9 Å². The van der Waals surface area contributed by atoms with Crippen LogP contribution in [0.4, 0.5) is 0 Å². The Morgan fingerprint density at radius 3 is 2.47 bits per heavy atom. The molecule has 0 aliphatic rings. The molecule has 1 unspecified atom stereocenters. The molecule has 0 aliphatic heterocycles. The number of halogens is 1. The normalized spacial score (nSPS) is 13.6. The van der Waals surface area contributed by atoms with E-state index >= 15 is 0 Å². The first-order chi connectivity index (χ1) is 8.00. The molecule has 0 fully saturated rings. The molecule has 96 valence electrons. The Balaban J connectivity index is 2.85. The molecule has 0 saturated carbocycles. The van der Waals surface area contributed by atoms with Crippen LogP contribution in [0.2, 0.25) is 0 Å². The summed E-state index contributed by atoms with van der Waals surface area (Å²) >= 11 is 3.31. The van der Waals surface area contributed by atoms with Crippen molar-refractivity contribution in [2.75, 3.05) is 0 Å². The third-order valence-corrected chi connectivity index (χ3v) is 6.69. The molecule has 1 aromatic rings. The molecule has 4 heteroatoms. The topological polar surface area (TPSA) is 34.1 Å². The van der Waals surface area contributed by atoms with E-state index in [0.29, 0.717) is 11.3 Å². The zero-order chi connectivity index (χ0) is 12.9. The van der Waals surface area contributed by atoms with Crippen LogP contribution in [0.3, 0.4) is 0 Å². The van der Waals surface area contributed by atoms with Crippen molar-refractivity contribution >= 4 is 25.8 Å². The maximum Gasteiger partial charge on any atom is 0.191 e. The third-order valence-electron chi connectivity index (χ3n) is 2.77. The first-order valence-electron chi connectivity index (χ1n) is 5.93. The number of sulfone groups is 1. The van der Waals surface area contributed by atoms with Gasteiger partial charge in [0.2, 0.25) is 0 Å². The number of rotatable bonds is 6. The van der Waals surface area contributed by atoms with Gasteiger partial charge >= 0.3 is 0 Å². The van der Waals surface area contributed by atoms with Gasteiger partial charge in [-0.15, -0.1) is 0 Å². The Morgan fingerprint density at radius 2 is 1.88 bits per heavy atom. The largest absolute Gasteiger partial charge is 0.223 e. The van der Waals surface area contributed by atoms with Crippen LogP contribution in [0.25, 0.3) is 0 Å². The minimum Gasteiger partial charge on any atom is -0.223 e. The highest BCUT2D eigenvalue weighted by molar-refractivity contribution is 9.11. The van der Waals surface area contributed by atoms with E-state index in [9.17, 15) is 8.42 Å². The predicted molar refractivity (Wildman–Crippen MR) is 75.2 cm³/mol. The summed E-state index contributed by atoms with van der Waals surface area (Å²) in [6.45, 7) is 3.94. The second-order valence-corrected chi connectivity index (χ2v) is 8.03. The average molecular weight is 319 g/mol. The van der Waals surface area contributed by atoms with Crippen molar-refractivity contribution in [3.63, 3.8) is 0 Å². The molecule has 0 N–H and O–H groups in total. The average Bonchev–Trinajstić information content (AvgIpc) is 2.29. The van der Waals surface area contributed by atoms with Crippen LogP contribution in [-0.2, 0) is 9.84 Å². The fourth-order valence-corrected chi connectivity index (χ4v) is 4.19. The summed E-state index contributed by atoms with van der Waals surface area (Å²) in [5.41, 5.74) is 0.812. The zero-order valence-electron chi connectivity index (χ0n) is 10.3. The van der Waals surface area contributed by atoms with Gasteiger partial charge in [-0.2, -0.15) is 0 Å². The molecule has 1 atom stereocenters. The monoisotopic (exact) mass is 318 g/mol. The lowest BCUT2D eigenvalue weighted by Gasteiger charge is -2.13. The molecule has 1 rings (SSSR count). The molecular formula is C13H19BrO2S. The van der Waals surface area contributed by atoms with Gasteiger partial charge in [-0.1, -0.05) is 60.3 Å². The molecule has 0 amide bonds. The Hall–Kier alpha value is -0.350. The summed E-state index contributed by atoms with van der Waals surface area (Å²) in [6.07, 6.45) is 3.79. The standard InChI is InChI=1S/C13H19BrO2S/c1-3-4-5-10-13(14)17(15,16)12-9-7-6-8-11(12)2/h6-9,13H,3-5,10H2,1-2H3. The van der Waals surface area contributed by atoms with Gasteiger partial charge in [0.05, 0.1) is 4.90 Å². The second-order valence-electron chi connectivity index (χ2n) is 4.22. The molecule has 0 heterocycles. The Labute approximate surface area is 112 Å². The number of aryl methyl sites for hydroxylation is 1. The number of unbranched alkanes of at least 4 members (excludes halogenated alkanes) is 2. The van der Waals surface area contributed by atoms with Crippen molar-refractivity contribution in [3.8, 4) is 0 Å². The van der Waals surface area contributed by atoms with Crippen molar-refractivity contribution in [1.82, 2.24) is 0 Å². The molecule has 17 heavy (non-hydrogen) atoms. The quantitative estimate of drug-likeness (QED) is 0.585. The lowest BCUT2D eigenvalue weighted by molar-refractivity contribution is 0.584. The summed E-state index contributed by atoms with van der Waals surface area (Å²) in [5.74, 6) is 0. The van der Waals surface area contributed by atoms with Gasteiger partial charge in [0.25, 0.3) is 0 Å². The summed E-state index contributed by atoms with van der Waals surface area (Å²) in [4.78, 5) is 0.443. The van der Waals surface area contributed by atoms with Gasteiger partial charge in [-0.05, 0) is 25.0 Å². The van der Waals surface area contributed by atoms with Crippen molar-refractivity contribution < 1.29 is 8.42 Å². The highest BCUT2D eigenvalue weighted by Crippen LogP contribution is 2.26. The van der Waals surface area contributed by atoms with Crippen molar-refractivity contribution in [2.45, 2.75) is 48.6 Å². The van der Waals surface area contributed by atoms with Gasteiger partial charge < -0.3 is 0 Å². The Bertz CT molecular complexity index is 454. The first-order valence-corrected chi connectivity index (χ1v) is 8.40. The molecule has 2 nitrogen and oxygen atoms in total. The van der Waals surface area contributed by atoms with E-state index in [2.05, 4.69) is 22.9 Å². The van der Waals surface area contributed by atoms with Crippen molar-refractivity contribution in [3.05, 3.63) is 29.8 Å². The van der Waals surface area contributed by atoms with E-state index < -0.39 is 14.0 Å². The number of alkyl halides is 1.